The van der Waals surface area contributed by atoms with Crippen molar-refractivity contribution < 1.29 is 13.2 Å². The Morgan fingerprint density at radius 2 is 2.00 bits per heavy atom. The quantitative estimate of drug-likeness (QED) is 0.909. The second kappa shape index (κ2) is 5.69. The van der Waals surface area contributed by atoms with Crippen molar-refractivity contribution in [1.29, 1.82) is 0 Å². The lowest BCUT2D eigenvalue weighted by atomic mass is 9.98. The Balaban J connectivity index is 2.38. The number of rotatable bonds is 4. The predicted octanol–water partition coefficient (Wildman–Crippen LogP) is 4.40. The number of alkyl halides is 3. The van der Waals surface area contributed by atoms with Gasteiger partial charge in [-0.3, -0.25) is 0 Å². The van der Waals surface area contributed by atoms with Crippen molar-refractivity contribution in [3.63, 3.8) is 0 Å². The molecule has 0 aliphatic heterocycles. The second-order valence-corrected chi connectivity index (χ2v) is 6.36. The second-order valence-electron chi connectivity index (χ2n) is 5.29. The number of hydrogen-bond acceptors (Lipinski definition) is 3. The Morgan fingerprint density at radius 1 is 1.30 bits per heavy atom. The van der Waals surface area contributed by atoms with Gasteiger partial charge in [-0.15, -0.1) is 11.3 Å². The van der Waals surface area contributed by atoms with Crippen molar-refractivity contribution in [1.82, 2.24) is 4.98 Å². The van der Waals surface area contributed by atoms with Crippen molar-refractivity contribution in [3.05, 3.63) is 28.8 Å². The average Bonchev–Trinajstić information content (AvgIpc) is 2.76. The molecule has 0 radical (unpaired) electrons. The summed E-state index contributed by atoms with van der Waals surface area (Å²) in [6.07, 6.45) is -3.44. The van der Waals surface area contributed by atoms with E-state index in [0.717, 1.165) is 28.3 Å². The van der Waals surface area contributed by atoms with E-state index in [1.165, 1.54) is 17.4 Å². The van der Waals surface area contributed by atoms with Crippen molar-refractivity contribution in [2.75, 3.05) is 6.54 Å². The Labute approximate surface area is 119 Å². The molecule has 2 nitrogen and oxygen atoms in total. The lowest BCUT2D eigenvalue weighted by Gasteiger charge is -2.13. The molecule has 0 aliphatic rings. The number of fused-ring (bicyclic) bond motifs is 1. The van der Waals surface area contributed by atoms with Crippen LogP contribution >= 0.6 is 11.3 Å². The van der Waals surface area contributed by atoms with Gasteiger partial charge in [-0.25, -0.2) is 4.98 Å². The van der Waals surface area contributed by atoms with Gasteiger partial charge in [0.25, 0.3) is 0 Å². The minimum atomic E-state index is -4.33. The van der Waals surface area contributed by atoms with E-state index in [4.69, 9.17) is 5.73 Å². The van der Waals surface area contributed by atoms with Crippen LogP contribution in [0.4, 0.5) is 13.2 Å². The molecule has 2 rings (SSSR count). The summed E-state index contributed by atoms with van der Waals surface area (Å²) in [5, 5.41) is 0.829. The number of nitrogens with zero attached hydrogens (tertiary/aromatic N) is 1. The minimum Gasteiger partial charge on any atom is -0.330 e. The van der Waals surface area contributed by atoms with Crippen molar-refractivity contribution in [2.45, 2.75) is 32.4 Å². The molecule has 0 fully saturated rings. The normalized spacial score (nSPS) is 14.2. The smallest absolute Gasteiger partial charge is 0.330 e. The molecule has 1 aromatic heterocycles. The SMILES string of the molecule is CC(C)CC(CN)c1nc2cc(C(F)(F)F)ccc2s1. The molecule has 2 N–H and O–H groups in total. The van der Waals surface area contributed by atoms with Crippen molar-refractivity contribution in [2.24, 2.45) is 11.7 Å². The number of hydrogen-bond donors (Lipinski definition) is 1. The zero-order valence-electron chi connectivity index (χ0n) is 11.4. The van der Waals surface area contributed by atoms with Gasteiger partial charge in [-0.2, -0.15) is 13.2 Å². The molecular weight excluding hydrogens is 285 g/mol. The summed E-state index contributed by atoms with van der Waals surface area (Å²) in [5.41, 5.74) is 5.51. The molecule has 0 saturated carbocycles. The Bertz CT molecular complexity index is 590. The lowest BCUT2D eigenvalue weighted by Crippen LogP contribution is -2.14. The number of benzene rings is 1. The molecule has 0 amide bonds. The predicted molar refractivity (Wildman–Crippen MR) is 75.9 cm³/mol. The molecule has 0 saturated heterocycles. The number of thiazole rings is 1. The maximum atomic E-state index is 12.7. The van der Waals surface area contributed by atoms with E-state index in [1.807, 2.05) is 0 Å². The number of aromatic nitrogens is 1. The highest BCUT2D eigenvalue weighted by Crippen LogP contribution is 2.35. The molecule has 0 bridgehead atoms. The van der Waals surface area contributed by atoms with Gasteiger partial charge in [0.2, 0.25) is 0 Å². The van der Waals surface area contributed by atoms with Gasteiger partial charge in [0.1, 0.15) is 0 Å². The minimum absolute atomic E-state index is 0.113. The van der Waals surface area contributed by atoms with Gasteiger partial charge in [-0.1, -0.05) is 13.8 Å². The molecular formula is C14H17F3N2S. The molecule has 110 valence electrons. The van der Waals surface area contributed by atoms with Crippen LogP contribution in [-0.2, 0) is 6.18 Å². The van der Waals surface area contributed by atoms with E-state index >= 15 is 0 Å². The van der Waals surface area contributed by atoms with Crippen LogP contribution in [0.2, 0.25) is 0 Å². The summed E-state index contributed by atoms with van der Waals surface area (Å²) in [5.74, 6) is 0.586. The van der Waals surface area contributed by atoms with Crippen LogP contribution in [0.1, 0.15) is 36.8 Å². The van der Waals surface area contributed by atoms with Crippen LogP contribution in [-0.4, -0.2) is 11.5 Å². The highest BCUT2D eigenvalue weighted by atomic mass is 32.1. The largest absolute Gasteiger partial charge is 0.416 e. The first-order chi connectivity index (χ1) is 9.31. The molecule has 2 aromatic rings. The topological polar surface area (TPSA) is 38.9 Å². The van der Waals surface area contributed by atoms with Gasteiger partial charge in [0, 0.05) is 12.5 Å². The molecule has 6 heteroatoms. The Hall–Kier alpha value is -1.14. The van der Waals surface area contributed by atoms with Gasteiger partial charge in [-0.05, 0) is 30.5 Å². The van der Waals surface area contributed by atoms with Crippen LogP contribution in [0.15, 0.2) is 18.2 Å². The van der Waals surface area contributed by atoms with E-state index < -0.39 is 11.7 Å². The zero-order chi connectivity index (χ0) is 14.9. The van der Waals surface area contributed by atoms with Gasteiger partial charge in [0.15, 0.2) is 0 Å². The fourth-order valence-corrected chi connectivity index (χ4v) is 3.24. The first kappa shape index (κ1) is 15.3. The molecule has 0 spiro atoms. The zero-order valence-corrected chi connectivity index (χ0v) is 12.2. The summed E-state index contributed by atoms with van der Waals surface area (Å²) in [6, 6.07) is 3.70. The fraction of sp³-hybridized carbons (Fsp3) is 0.500. The molecule has 1 unspecified atom stereocenters. The number of halogens is 3. The maximum absolute atomic E-state index is 12.7. The molecule has 1 heterocycles. The summed E-state index contributed by atoms with van der Waals surface area (Å²) < 4.78 is 38.8. The van der Waals surface area contributed by atoms with E-state index in [0.29, 0.717) is 18.0 Å². The van der Waals surface area contributed by atoms with E-state index in [-0.39, 0.29) is 5.92 Å². The van der Waals surface area contributed by atoms with Crippen LogP contribution < -0.4 is 5.73 Å². The monoisotopic (exact) mass is 302 g/mol. The summed E-state index contributed by atoms with van der Waals surface area (Å²) in [6.45, 7) is 4.65. The average molecular weight is 302 g/mol. The summed E-state index contributed by atoms with van der Waals surface area (Å²) >= 11 is 1.43. The van der Waals surface area contributed by atoms with Crippen LogP contribution in [0.5, 0.6) is 0 Å². The van der Waals surface area contributed by atoms with Crippen molar-refractivity contribution >= 4 is 21.6 Å². The first-order valence-corrected chi connectivity index (χ1v) is 7.30. The third kappa shape index (κ3) is 3.30. The van der Waals surface area contributed by atoms with Gasteiger partial charge in [0.05, 0.1) is 20.8 Å². The van der Waals surface area contributed by atoms with E-state index in [9.17, 15) is 13.2 Å². The highest BCUT2D eigenvalue weighted by Gasteiger charge is 2.31. The first-order valence-electron chi connectivity index (χ1n) is 6.49. The van der Waals surface area contributed by atoms with Crippen LogP contribution in [0.3, 0.4) is 0 Å². The molecule has 1 atom stereocenters. The van der Waals surface area contributed by atoms with E-state index in [2.05, 4.69) is 18.8 Å². The third-order valence-electron chi connectivity index (χ3n) is 3.12. The van der Waals surface area contributed by atoms with Gasteiger partial charge < -0.3 is 5.73 Å². The maximum Gasteiger partial charge on any atom is 0.416 e. The summed E-state index contributed by atoms with van der Waals surface area (Å²) in [4.78, 5) is 4.35. The molecule has 20 heavy (non-hydrogen) atoms. The summed E-state index contributed by atoms with van der Waals surface area (Å²) in [7, 11) is 0. The third-order valence-corrected chi connectivity index (χ3v) is 4.32. The standard InChI is InChI=1S/C14H17F3N2S/c1-8(2)5-9(7-18)13-19-11-6-10(14(15,16)17)3-4-12(11)20-13/h3-4,6,8-9H,5,7,18H2,1-2H3. The number of nitrogens with two attached hydrogens (primary N) is 1. The van der Waals surface area contributed by atoms with Crippen LogP contribution in [0, 0.1) is 5.92 Å². The Morgan fingerprint density at radius 3 is 2.55 bits per heavy atom. The molecule has 0 aliphatic carbocycles. The van der Waals surface area contributed by atoms with Gasteiger partial charge >= 0.3 is 6.18 Å². The Kier molecular flexibility index (Phi) is 4.34. The lowest BCUT2D eigenvalue weighted by molar-refractivity contribution is -0.137. The van der Waals surface area contributed by atoms with Crippen molar-refractivity contribution in [3.8, 4) is 0 Å². The van der Waals surface area contributed by atoms with Crippen LogP contribution in [0.25, 0.3) is 10.2 Å². The van der Waals surface area contributed by atoms with E-state index in [1.54, 1.807) is 0 Å². The molecule has 1 aromatic carbocycles. The highest BCUT2D eigenvalue weighted by molar-refractivity contribution is 7.18. The fourth-order valence-electron chi connectivity index (χ4n) is 2.16.